The van der Waals surface area contributed by atoms with E-state index in [1.807, 2.05) is 13.8 Å². The highest BCUT2D eigenvalue weighted by Crippen LogP contribution is 2.34. The van der Waals surface area contributed by atoms with E-state index in [0.29, 0.717) is 11.5 Å². The Bertz CT molecular complexity index is 546. The Labute approximate surface area is 124 Å². The standard InChI is InChI=1S/C13H16FN5.C2H6/c14-10-11(8-2-4-9(15)5-3-8)18-19-12(10)13-16-6-1-7-17-13;1-2/h1,6-9H,2-5,15H2,(H,18,19);1-2H3. The molecule has 6 heteroatoms. The minimum atomic E-state index is -0.327. The third-order valence-electron chi connectivity index (χ3n) is 3.69. The van der Waals surface area contributed by atoms with Crippen molar-refractivity contribution in [2.45, 2.75) is 51.5 Å². The molecule has 0 aliphatic heterocycles. The largest absolute Gasteiger partial charge is 0.328 e. The van der Waals surface area contributed by atoms with Crippen molar-refractivity contribution in [2.24, 2.45) is 5.73 Å². The van der Waals surface area contributed by atoms with Crippen LogP contribution in [0.1, 0.15) is 51.1 Å². The SMILES string of the molecule is CC.NC1CCC(c2[nH]nc(-c3ncccn3)c2F)CC1. The molecule has 2 heterocycles. The Hall–Kier alpha value is -1.82. The monoisotopic (exact) mass is 291 g/mol. The second-order valence-corrected chi connectivity index (χ2v) is 4.98. The molecule has 0 atom stereocenters. The number of H-pyrrole nitrogens is 1. The molecule has 0 amide bonds. The summed E-state index contributed by atoms with van der Waals surface area (Å²) in [4.78, 5) is 8.05. The van der Waals surface area contributed by atoms with Crippen LogP contribution in [0.3, 0.4) is 0 Å². The van der Waals surface area contributed by atoms with Gasteiger partial charge in [0.25, 0.3) is 0 Å². The summed E-state index contributed by atoms with van der Waals surface area (Å²) in [5, 5.41) is 6.84. The van der Waals surface area contributed by atoms with Crippen LogP contribution in [0.25, 0.3) is 11.5 Å². The number of nitrogens with two attached hydrogens (primary N) is 1. The molecular formula is C15H22FN5. The number of rotatable bonds is 2. The van der Waals surface area contributed by atoms with Gasteiger partial charge in [-0.3, -0.25) is 5.10 Å². The van der Waals surface area contributed by atoms with E-state index >= 15 is 0 Å². The van der Waals surface area contributed by atoms with Gasteiger partial charge < -0.3 is 5.73 Å². The predicted molar refractivity (Wildman–Crippen MR) is 80.1 cm³/mol. The second kappa shape index (κ2) is 7.26. The summed E-state index contributed by atoms with van der Waals surface area (Å²) in [7, 11) is 0. The summed E-state index contributed by atoms with van der Waals surface area (Å²) >= 11 is 0. The summed E-state index contributed by atoms with van der Waals surface area (Å²) in [5.41, 5.74) is 6.63. The lowest BCUT2D eigenvalue weighted by molar-refractivity contribution is 0.382. The van der Waals surface area contributed by atoms with Crippen molar-refractivity contribution in [1.29, 1.82) is 0 Å². The number of hydrogen-bond acceptors (Lipinski definition) is 4. The lowest BCUT2D eigenvalue weighted by Gasteiger charge is -2.24. The van der Waals surface area contributed by atoms with E-state index < -0.39 is 0 Å². The van der Waals surface area contributed by atoms with Crippen molar-refractivity contribution in [2.75, 3.05) is 0 Å². The van der Waals surface area contributed by atoms with Crippen LogP contribution in [-0.2, 0) is 0 Å². The van der Waals surface area contributed by atoms with E-state index in [4.69, 9.17) is 5.73 Å². The molecule has 5 nitrogen and oxygen atoms in total. The van der Waals surface area contributed by atoms with E-state index in [2.05, 4.69) is 20.2 Å². The highest BCUT2D eigenvalue weighted by atomic mass is 19.1. The fourth-order valence-electron chi connectivity index (χ4n) is 2.59. The molecule has 1 saturated carbocycles. The van der Waals surface area contributed by atoms with Gasteiger partial charge in [0.05, 0.1) is 5.69 Å². The Kier molecular flexibility index (Phi) is 5.38. The van der Waals surface area contributed by atoms with E-state index in [0.717, 1.165) is 25.7 Å². The van der Waals surface area contributed by atoms with Crippen molar-refractivity contribution in [3.63, 3.8) is 0 Å². The van der Waals surface area contributed by atoms with Gasteiger partial charge >= 0.3 is 0 Å². The van der Waals surface area contributed by atoms with Gasteiger partial charge in [-0.25, -0.2) is 14.4 Å². The Morgan fingerprint density at radius 2 is 1.76 bits per heavy atom. The molecule has 114 valence electrons. The van der Waals surface area contributed by atoms with Crippen molar-refractivity contribution < 1.29 is 4.39 Å². The molecule has 0 aromatic carbocycles. The first-order valence-corrected chi connectivity index (χ1v) is 7.52. The third-order valence-corrected chi connectivity index (χ3v) is 3.69. The lowest BCUT2D eigenvalue weighted by atomic mass is 9.84. The van der Waals surface area contributed by atoms with Gasteiger partial charge in [0.2, 0.25) is 0 Å². The normalized spacial score (nSPS) is 21.5. The first kappa shape index (κ1) is 15.6. The Morgan fingerprint density at radius 1 is 1.14 bits per heavy atom. The smallest absolute Gasteiger partial charge is 0.183 e. The van der Waals surface area contributed by atoms with Crippen LogP contribution < -0.4 is 5.73 Å². The van der Waals surface area contributed by atoms with Gasteiger partial charge in [0, 0.05) is 24.4 Å². The van der Waals surface area contributed by atoms with Gasteiger partial charge in [0.15, 0.2) is 17.3 Å². The van der Waals surface area contributed by atoms with E-state index in [-0.39, 0.29) is 23.5 Å². The van der Waals surface area contributed by atoms with Crippen LogP contribution in [-0.4, -0.2) is 26.2 Å². The summed E-state index contributed by atoms with van der Waals surface area (Å²) in [5.74, 6) is 0.159. The van der Waals surface area contributed by atoms with E-state index in [9.17, 15) is 4.39 Å². The molecule has 0 unspecified atom stereocenters. The lowest BCUT2D eigenvalue weighted by Crippen LogP contribution is -2.26. The molecule has 3 N–H and O–H groups in total. The highest BCUT2D eigenvalue weighted by molar-refractivity contribution is 5.50. The second-order valence-electron chi connectivity index (χ2n) is 4.98. The molecule has 0 spiro atoms. The van der Waals surface area contributed by atoms with Crippen molar-refractivity contribution in [1.82, 2.24) is 20.2 Å². The maximum absolute atomic E-state index is 14.4. The summed E-state index contributed by atoms with van der Waals surface area (Å²) < 4.78 is 14.4. The highest BCUT2D eigenvalue weighted by Gasteiger charge is 2.26. The van der Waals surface area contributed by atoms with Gasteiger partial charge in [0.1, 0.15) is 0 Å². The van der Waals surface area contributed by atoms with Crippen LogP contribution in [0.5, 0.6) is 0 Å². The Morgan fingerprint density at radius 3 is 2.38 bits per heavy atom. The molecule has 1 aliphatic carbocycles. The van der Waals surface area contributed by atoms with Crippen molar-refractivity contribution in [3.05, 3.63) is 30.0 Å². The minimum Gasteiger partial charge on any atom is -0.328 e. The summed E-state index contributed by atoms with van der Waals surface area (Å²) in [6.45, 7) is 4.00. The number of hydrogen-bond donors (Lipinski definition) is 2. The zero-order chi connectivity index (χ0) is 15.2. The maximum atomic E-state index is 14.4. The average molecular weight is 291 g/mol. The number of aromatic nitrogens is 4. The molecule has 0 bridgehead atoms. The third kappa shape index (κ3) is 3.44. The van der Waals surface area contributed by atoms with Crippen LogP contribution in [0.4, 0.5) is 4.39 Å². The summed E-state index contributed by atoms with van der Waals surface area (Å²) in [6.07, 6.45) is 6.82. The van der Waals surface area contributed by atoms with Crippen LogP contribution in [0, 0.1) is 5.82 Å². The molecule has 0 saturated heterocycles. The molecule has 1 fully saturated rings. The zero-order valence-electron chi connectivity index (χ0n) is 12.5. The zero-order valence-corrected chi connectivity index (χ0v) is 12.5. The van der Waals surface area contributed by atoms with Gasteiger partial charge in [-0.05, 0) is 31.7 Å². The number of nitrogens with zero attached hydrogens (tertiary/aromatic N) is 3. The number of nitrogens with one attached hydrogen (secondary N) is 1. The quantitative estimate of drug-likeness (QED) is 0.891. The first-order valence-electron chi connectivity index (χ1n) is 7.52. The maximum Gasteiger partial charge on any atom is 0.183 e. The number of aromatic amines is 1. The first-order chi connectivity index (χ1) is 10.3. The molecule has 2 aromatic rings. The Balaban J connectivity index is 0.000000774. The van der Waals surface area contributed by atoms with Gasteiger partial charge in [-0.1, -0.05) is 13.8 Å². The molecular weight excluding hydrogens is 269 g/mol. The van der Waals surface area contributed by atoms with Crippen molar-refractivity contribution >= 4 is 0 Å². The van der Waals surface area contributed by atoms with Crippen LogP contribution in [0.2, 0.25) is 0 Å². The molecule has 1 aliphatic rings. The average Bonchev–Trinajstić information content (AvgIpc) is 2.93. The fourth-order valence-corrected chi connectivity index (χ4v) is 2.59. The van der Waals surface area contributed by atoms with E-state index in [1.54, 1.807) is 18.5 Å². The fraction of sp³-hybridized carbons (Fsp3) is 0.533. The molecule has 21 heavy (non-hydrogen) atoms. The molecule has 0 radical (unpaired) electrons. The van der Waals surface area contributed by atoms with Crippen LogP contribution >= 0.6 is 0 Å². The molecule has 3 rings (SSSR count). The number of halogens is 1. The van der Waals surface area contributed by atoms with Gasteiger partial charge in [-0.2, -0.15) is 5.10 Å². The van der Waals surface area contributed by atoms with E-state index in [1.165, 1.54) is 0 Å². The topological polar surface area (TPSA) is 80.5 Å². The predicted octanol–water partition coefficient (Wildman–Crippen LogP) is 3.02. The molecule has 2 aromatic heterocycles. The van der Waals surface area contributed by atoms with Gasteiger partial charge in [-0.15, -0.1) is 0 Å². The minimum absolute atomic E-state index is 0.171. The van der Waals surface area contributed by atoms with Crippen LogP contribution in [0.15, 0.2) is 18.5 Å². The van der Waals surface area contributed by atoms with Crippen molar-refractivity contribution in [3.8, 4) is 11.5 Å². The summed E-state index contributed by atoms with van der Waals surface area (Å²) in [6, 6.07) is 1.94.